The van der Waals surface area contributed by atoms with Crippen LogP contribution in [-0.2, 0) is 0 Å². The van der Waals surface area contributed by atoms with Gasteiger partial charge >= 0.3 is 0 Å². The maximum absolute atomic E-state index is 10.9. The van der Waals surface area contributed by atoms with E-state index in [1.54, 1.807) is 0 Å². The lowest BCUT2D eigenvalue weighted by molar-refractivity contribution is 0.444. The minimum atomic E-state index is 0.377. The Bertz CT molecular complexity index is 1120. The Labute approximate surface area is 160 Å². The van der Waals surface area contributed by atoms with Crippen molar-refractivity contribution in [1.82, 2.24) is 0 Å². The van der Waals surface area contributed by atoms with Gasteiger partial charge < -0.3 is 5.11 Å². The molecule has 0 atom stereocenters. The van der Waals surface area contributed by atoms with Crippen LogP contribution in [0.4, 0.5) is 0 Å². The summed E-state index contributed by atoms with van der Waals surface area (Å²) in [5, 5.41) is 15.7. The van der Waals surface area contributed by atoms with Gasteiger partial charge in [-0.05, 0) is 57.5 Å². The second-order valence-corrected chi connectivity index (χ2v) is 7.77. The number of aromatic hydroxyl groups is 1. The molecule has 0 heterocycles. The first kappa shape index (κ1) is 16.4. The highest BCUT2D eigenvalue weighted by Crippen LogP contribution is 2.46. The molecule has 1 N–H and O–H groups in total. The molecular weight excluding hydrogens is 328 g/mol. The molecule has 0 radical (unpaired) electrons. The highest BCUT2D eigenvalue weighted by atomic mass is 16.3. The van der Waals surface area contributed by atoms with Gasteiger partial charge in [-0.1, -0.05) is 86.0 Å². The van der Waals surface area contributed by atoms with Gasteiger partial charge in [-0.2, -0.15) is 0 Å². The molecular formula is C26H24O. The van der Waals surface area contributed by atoms with Crippen molar-refractivity contribution in [2.45, 2.75) is 38.0 Å². The molecule has 0 amide bonds. The lowest BCUT2D eigenvalue weighted by Gasteiger charge is -2.26. The number of benzene rings is 4. The lowest BCUT2D eigenvalue weighted by atomic mass is 9.78. The molecule has 5 rings (SSSR count). The maximum Gasteiger partial charge on any atom is 0.124 e. The first-order chi connectivity index (χ1) is 13.3. The van der Waals surface area contributed by atoms with E-state index in [0.29, 0.717) is 11.7 Å². The van der Waals surface area contributed by atoms with Crippen LogP contribution in [-0.4, -0.2) is 5.11 Å². The highest BCUT2D eigenvalue weighted by Gasteiger charge is 2.23. The first-order valence-corrected chi connectivity index (χ1v) is 10.1. The van der Waals surface area contributed by atoms with Crippen molar-refractivity contribution in [3.05, 3.63) is 78.4 Å². The second-order valence-electron chi connectivity index (χ2n) is 7.77. The van der Waals surface area contributed by atoms with E-state index in [4.69, 9.17) is 0 Å². The van der Waals surface area contributed by atoms with Crippen molar-refractivity contribution < 1.29 is 5.11 Å². The third-order valence-corrected chi connectivity index (χ3v) is 6.16. The van der Waals surface area contributed by atoms with Gasteiger partial charge in [-0.25, -0.2) is 0 Å². The molecule has 0 aromatic heterocycles. The van der Waals surface area contributed by atoms with E-state index in [1.165, 1.54) is 59.4 Å². The van der Waals surface area contributed by atoms with Crippen molar-refractivity contribution in [2.75, 3.05) is 0 Å². The third kappa shape index (κ3) is 2.78. The minimum Gasteiger partial charge on any atom is -0.507 e. The Balaban J connectivity index is 1.88. The molecule has 1 saturated carbocycles. The van der Waals surface area contributed by atoms with Gasteiger partial charge in [-0.3, -0.25) is 0 Å². The zero-order valence-corrected chi connectivity index (χ0v) is 15.5. The summed E-state index contributed by atoms with van der Waals surface area (Å²) >= 11 is 0. The second kappa shape index (κ2) is 6.74. The minimum absolute atomic E-state index is 0.377. The summed E-state index contributed by atoms with van der Waals surface area (Å²) in [6, 6.07) is 25.4. The number of rotatable bonds is 2. The summed E-state index contributed by atoms with van der Waals surface area (Å²) in [5.41, 5.74) is 3.62. The predicted molar refractivity (Wildman–Crippen MR) is 114 cm³/mol. The van der Waals surface area contributed by atoms with Crippen LogP contribution in [0.3, 0.4) is 0 Å². The molecule has 1 heteroatoms. The number of hydrogen-bond donors (Lipinski definition) is 1. The number of phenols is 1. The summed E-state index contributed by atoms with van der Waals surface area (Å²) in [5.74, 6) is 0.957. The molecule has 0 bridgehead atoms. The largest absolute Gasteiger partial charge is 0.507 e. The quantitative estimate of drug-likeness (QED) is 0.398. The fourth-order valence-electron chi connectivity index (χ4n) is 4.84. The molecule has 1 nitrogen and oxygen atoms in total. The molecule has 0 unspecified atom stereocenters. The molecule has 27 heavy (non-hydrogen) atoms. The van der Waals surface area contributed by atoms with Crippen LogP contribution >= 0.6 is 0 Å². The Morgan fingerprint density at radius 1 is 0.593 bits per heavy atom. The van der Waals surface area contributed by atoms with Crippen LogP contribution < -0.4 is 0 Å². The van der Waals surface area contributed by atoms with E-state index in [2.05, 4.69) is 60.7 Å². The normalized spacial score (nSPS) is 15.4. The molecule has 4 aromatic rings. The van der Waals surface area contributed by atoms with E-state index in [-0.39, 0.29) is 0 Å². The zero-order valence-electron chi connectivity index (χ0n) is 15.5. The molecule has 0 aliphatic heterocycles. The third-order valence-electron chi connectivity index (χ3n) is 6.16. The van der Waals surface area contributed by atoms with Crippen LogP contribution in [0.1, 0.15) is 43.6 Å². The highest BCUT2D eigenvalue weighted by molar-refractivity contribution is 6.08. The maximum atomic E-state index is 10.9. The van der Waals surface area contributed by atoms with Gasteiger partial charge in [0.25, 0.3) is 0 Å². The number of fused-ring (bicyclic) bond motifs is 2. The summed E-state index contributed by atoms with van der Waals surface area (Å²) in [6.07, 6.45) is 6.45. The van der Waals surface area contributed by atoms with Crippen molar-refractivity contribution in [2.24, 2.45) is 0 Å². The molecule has 1 fully saturated rings. The summed E-state index contributed by atoms with van der Waals surface area (Å²) in [7, 11) is 0. The zero-order chi connectivity index (χ0) is 18.2. The predicted octanol–water partition coefficient (Wildman–Crippen LogP) is 7.41. The molecule has 0 spiro atoms. The average molecular weight is 352 g/mol. The summed E-state index contributed by atoms with van der Waals surface area (Å²) in [6.45, 7) is 0. The number of phenolic OH excluding ortho intramolecular Hbond substituents is 1. The van der Waals surface area contributed by atoms with Crippen molar-refractivity contribution in [3.63, 3.8) is 0 Å². The fraction of sp³-hybridized carbons (Fsp3) is 0.231. The lowest BCUT2D eigenvalue weighted by Crippen LogP contribution is -2.06. The Hall–Kier alpha value is -2.80. The first-order valence-electron chi connectivity index (χ1n) is 10.1. The molecule has 4 aromatic carbocycles. The molecule has 1 aliphatic rings. The van der Waals surface area contributed by atoms with Crippen LogP contribution in [0.2, 0.25) is 0 Å². The smallest absolute Gasteiger partial charge is 0.124 e. The topological polar surface area (TPSA) is 20.2 Å². The van der Waals surface area contributed by atoms with E-state index in [9.17, 15) is 5.11 Å². The standard InChI is InChI=1S/C26H24O/c27-24-17-15-20-11-5-7-13-22(20)26(24)25-21-12-6-4-10-19(21)14-16-23(25)18-8-2-1-3-9-18/h4-7,10-18,27H,1-3,8-9H2. The van der Waals surface area contributed by atoms with Crippen LogP contribution in [0.25, 0.3) is 32.7 Å². The van der Waals surface area contributed by atoms with Gasteiger partial charge in [0.1, 0.15) is 5.75 Å². The van der Waals surface area contributed by atoms with Crippen molar-refractivity contribution in [3.8, 4) is 16.9 Å². The van der Waals surface area contributed by atoms with Gasteiger partial charge in [0.15, 0.2) is 0 Å². The van der Waals surface area contributed by atoms with E-state index < -0.39 is 0 Å². The van der Waals surface area contributed by atoms with Gasteiger partial charge in [0.05, 0.1) is 0 Å². The van der Waals surface area contributed by atoms with Crippen molar-refractivity contribution in [1.29, 1.82) is 0 Å². The van der Waals surface area contributed by atoms with Gasteiger partial charge in [0, 0.05) is 5.56 Å². The van der Waals surface area contributed by atoms with Gasteiger partial charge in [-0.15, -0.1) is 0 Å². The monoisotopic (exact) mass is 352 g/mol. The van der Waals surface area contributed by atoms with Crippen LogP contribution in [0.5, 0.6) is 5.75 Å². The average Bonchev–Trinajstić information content (AvgIpc) is 2.74. The van der Waals surface area contributed by atoms with E-state index in [1.807, 2.05) is 12.1 Å². The fourth-order valence-corrected chi connectivity index (χ4v) is 4.84. The summed E-state index contributed by atoms with van der Waals surface area (Å²) < 4.78 is 0. The Morgan fingerprint density at radius 3 is 1.89 bits per heavy atom. The molecule has 1 aliphatic carbocycles. The summed E-state index contributed by atoms with van der Waals surface area (Å²) in [4.78, 5) is 0. The van der Waals surface area contributed by atoms with Crippen LogP contribution in [0, 0.1) is 0 Å². The van der Waals surface area contributed by atoms with E-state index >= 15 is 0 Å². The molecule has 0 saturated heterocycles. The Kier molecular flexibility index (Phi) is 4.09. The van der Waals surface area contributed by atoms with Gasteiger partial charge in [0.2, 0.25) is 0 Å². The SMILES string of the molecule is Oc1ccc2ccccc2c1-c1c(C2CCCCC2)ccc2ccccc12. The number of hydrogen-bond acceptors (Lipinski definition) is 1. The van der Waals surface area contributed by atoms with Crippen molar-refractivity contribution >= 4 is 21.5 Å². The molecule has 134 valence electrons. The van der Waals surface area contributed by atoms with E-state index in [0.717, 1.165) is 10.9 Å². The Morgan fingerprint density at radius 2 is 1.19 bits per heavy atom. The van der Waals surface area contributed by atoms with Crippen LogP contribution in [0.15, 0.2) is 72.8 Å².